The molecule has 0 N–H and O–H groups in total. The van der Waals surface area contributed by atoms with Gasteiger partial charge in [0.15, 0.2) is 5.78 Å². The van der Waals surface area contributed by atoms with Crippen LogP contribution in [0.5, 0.6) is 0 Å². The van der Waals surface area contributed by atoms with E-state index < -0.39 is 0 Å². The van der Waals surface area contributed by atoms with Gasteiger partial charge in [0.1, 0.15) is 11.5 Å². The lowest BCUT2D eigenvalue weighted by atomic mass is 10.1. The summed E-state index contributed by atoms with van der Waals surface area (Å²) in [4.78, 5) is 26.9. The van der Waals surface area contributed by atoms with Gasteiger partial charge in [-0.05, 0) is 79.2 Å². The molecule has 1 amide bonds. The molecule has 5 rings (SSSR count). The van der Waals surface area contributed by atoms with Crippen LogP contribution in [0.25, 0.3) is 23.1 Å². The normalized spacial score (nSPS) is 14.5. The summed E-state index contributed by atoms with van der Waals surface area (Å²) in [6.45, 7) is 1.51. The van der Waals surface area contributed by atoms with Gasteiger partial charge >= 0.3 is 0 Å². The predicted octanol–water partition coefficient (Wildman–Crippen LogP) is 7.93. The molecule has 1 aromatic heterocycles. The van der Waals surface area contributed by atoms with E-state index in [-0.39, 0.29) is 11.7 Å². The Hall–Kier alpha value is -3.86. The van der Waals surface area contributed by atoms with Crippen LogP contribution in [0.15, 0.2) is 101 Å². The molecule has 6 heteroatoms. The van der Waals surface area contributed by atoms with Gasteiger partial charge in [0.05, 0.1) is 10.7 Å². The Labute approximate surface area is 212 Å². The van der Waals surface area contributed by atoms with Crippen molar-refractivity contribution in [3.05, 3.63) is 124 Å². The summed E-state index contributed by atoms with van der Waals surface area (Å²) in [5.74, 6) is 0.839. The Morgan fingerprint density at radius 2 is 1.66 bits per heavy atom. The average Bonchev–Trinajstić information content (AvgIpc) is 3.46. The van der Waals surface area contributed by atoms with Crippen molar-refractivity contribution in [2.75, 3.05) is 4.90 Å². The largest absolute Gasteiger partial charge is 0.457 e. The number of hydrogen-bond donors (Lipinski definition) is 0. The number of anilines is 1. The average molecular weight is 500 g/mol. The molecule has 0 aliphatic carbocycles. The topological polar surface area (TPSA) is 50.5 Å². The SMILES string of the molecule is CC(=O)c1ccc(N2C(=O)/C(=C/c3ccc(-c4cc(Cl)ccc4Cl)o3)C=C2c2ccccc2)cc1. The molecule has 0 bridgehead atoms. The Morgan fingerprint density at radius 3 is 2.37 bits per heavy atom. The van der Waals surface area contributed by atoms with Crippen LogP contribution < -0.4 is 4.90 Å². The highest BCUT2D eigenvalue weighted by atomic mass is 35.5. The Morgan fingerprint density at radius 1 is 0.914 bits per heavy atom. The number of rotatable bonds is 5. The number of nitrogens with zero attached hydrogens (tertiary/aromatic N) is 1. The number of carbonyl (C=O) groups excluding carboxylic acids is 2. The van der Waals surface area contributed by atoms with E-state index in [2.05, 4.69) is 0 Å². The summed E-state index contributed by atoms with van der Waals surface area (Å²) in [5, 5.41) is 1.07. The van der Waals surface area contributed by atoms with Gasteiger partial charge < -0.3 is 4.42 Å². The van der Waals surface area contributed by atoms with Crippen LogP contribution >= 0.6 is 23.2 Å². The smallest absolute Gasteiger partial charge is 0.263 e. The highest BCUT2D eigenvalue weighted by Gasteiger charge is 2.30. The van der Waals surface area contributed by atoms with E-state index >= 15 is 0 Å². The zero-order valence-corrected chi connectivity index (χ0v) is 20.2. The van der Waals surface area contributed by atoms with Crippen molar-refractivity contribution in [1.29, 1.82) is 0 Å². The number of hydrogen-bond acceptors (Lipinski definition) is 3. The Bertz CT molecular complexity index is 1500. The fourth-order valence-electron chi connectivity index (χ4n) is 3.95. The van der Waals surface area contributed by atoms with Gasteiger partial charge in [-0.1, -0.05) is 53.5 Å². The monoisotopic (exact) mass is 499 g/mol. The molecule has 0 spiro atoms. The van der Waals surface area contributed by atoms with Crippen molar-refractivity contribution in [2.45, 2.75) is 6.92 Å². The minimum atomic E-state index is -0.196. The van der Waals surface area contributed by atoms with Crippen molar-refractivity contribution in [1.82, 2.24) is 0 Å². The number of amides is 1. The Balaban J connectivity index is 1.54. The van der Waals surface area contributed by atoms with Crippen LogP contribution in [0.2, 0.25) is 10.0 Å². The number of carbonyl (C=O) groups is 2. The third-order valence-electron chi connectivity index (χ3n) is 5.70. The minimum Gasteiger partial charge on any atom is -0.457 e. The summed E-state index contributed by atoms with van der Waals surface area (Å²) in [6.07, 6.45) is 3.54. The van der Waals surface area contributed by atoms with Gasteiger partial charge in [-0.3, -0.25) is 14.5 Å². The molecule has 1 aliphatic heterocycles. The van der Waals surface area contributed by atoms with E-state index in [0.717, 1.165) is 11.3 Å². The molecule has 35 heavy (non-hydrogen) atoms. The van der Waals surface area contributed by atoms with Crippen LogP contribution in [0.4, 0.5) is 5.69 Å². The Kier molecular flexibility index (Phi) is 6.16. The standard InChI is InChI=1S/C29H19Cl2NO3/c1-18(33)19-7-10-23(11-8-19)32-27(20-5-3-2-4-6-20)16-21(29(32)34)15-24-12-14-28(35-24)25-17-22(30)9-13-26(25)31/h2-17H,1H3/b21-15+. The first-order valence-electron chi connectivity index (χ1n) is 10.9. The first-order valence-corrected chi connectivity index (χ1v) is 11.7. The molecule has 2 heterocycles. The molecule has 172 valence electrons. The summed E-state index contributed by atoms with van der Waals surface area (Å²) in [5.41, 5.74) is 4.04. The second kappa shape index (κ2) is 9.41. The predicted molar refractivity (Wildman–Crippen MR) is 140 cm³/mol. The highest BCUT2D eigenvalue weighted by molar-refractivity contribution is 6.35. The van der Waals surface area contributed by atoms with Gasteiger partial charge in [0.2, 0.25) is 0 Å². The fourth-order valence-corrected chi connectivity index (χ4v) is 4.34. The van der Waals surface area contributed by atoms with Crippen LogP contribution in [0, 0.1) is 0 Å². The molecule has 3 aromatic carbocycles. The van der Waals surface area contributed by atoms with Crippen LogP contribution in [0.3, 0.4) is 0 Å². The zero-order valence-electron chi connectivity index (χ0n) is 18.7. The summed E-state index contributed by atoms with van der Waals surface area (Å²) < 4.78 is 5.98. The van der Waals surface area contributed by atoms with Gasteiger partial charge in [-0.2, -0.15) is 0 Å². The van der Waals surface area contributed by atoms with E-state index in [0.29, 0.717) is 44.0 Å². The lowest BCUT2D eigenvalue weighted by molar-refractivity contribution is -0.113. The van der Waals surface area contributed by atoms with Crippen LogP contribution in [-0.4, -0.2) is 11.7 Å². The lowest BCUT2D eigenvalue weighted by Gasteiger charge is -2.21. The maximum atomic E-state index is 13.5. The van der Waals surface area contributed by atoms with Crippen molar-refractivity contribution >= 4 is 52.4 Å². The van der Waals surface area contributed by atoms with Crippen molar-refractivity contribution in [2.24, 2.45) is 0 Å². The molecule has 0 saturated heterocycles. The van der Waals surface area contributed by atoms with Crippen molar-refractivity contribution in [3.63, 3.8) is 0 Å². The van der Waals surface area contributed by atoms with E-state index in [1.165, 1.54) is 6.92 Å². The molecule has 0 fully saturated rings. The quantitative estimate of drug-likeness (QED) is 0.207. The minimum absolute atomic E-state index is 0.0304. The number of benzene rings is 3. The maximum absolute atomic E-state index is 13.5. The third-order valence-corrected chi connectivity index (χ3v) is 6.27. The number of furan rings is 1. The summed E-state index contributed by atoms with van der Waals surface area (Å²) >= 11 is 12.4. The molecule has 4 nitrogen and oxygen atoms in total. The van der Waals surface area contributed by atoms with Gasteiger partial charge in [-0.15, -0.1) is 0 Å². The number of Topliss-reactive ketones (excluding diaryl/α,β-unsaturated/α-hetero) is 1. The lowest BCUT2D eigenvalue weighted by Crippen LogP contribution is -2.25. The molecule has 0 unspecified atom stereocenters. The molecule has 1 aliphatic rings. The first-order chi connectivity index (χ1) is 16.9. The number of ketones is 1. The van der Waals surface area contributed by atoms with Crippen LogP contribution in [-0.2, 0) is 4.79 Å². The van der Waals surface area contributed by atoms with Gasteiger partial charge in [0.25, 0.3) is 5.91 Å². The van der Waals surface area contributed by atoms with E-state index in [1.54, 1.807) is 65.6 Å². The molecule has 4 aromatic rings. The maximum Gasteiger partial charge on any atom is 0.263 e. The van der Waals surface area contributed by atoms with Crippen molar-refractivity contribution < 1.29 is 14.0 Å². The first kappa shape index (κ1) is 22.9. The third kappa shape index (κ3) is 4.59. The van der Waals surface area contributed by atoms with Gasteiger partial charge in [-0.25, -0.2) is 0 Å². The van der Waals surface area contributed by atoms with Crippen molar-refractivity contribution in [3.8, 4) is 11.3 Å². The molecular weight excluding hydrogens is 481 g/mol. The van der Waals surface area contributed by atoms with E-state index in [1.807, 2.05) is 36.4 Å². The molecule has 0 radical (unpaired) electrons. The molecular formula is C29H19Cl2NO3. The molecule has 0 atom stereocenters. The second-order valence-corrected chi connectivity index (χ2v) is 8.91. The number of halogens is 2. The molecule has 0 saturated carbocycles. The summed E-state index contributed by atoms with van der Waals surface area (Å²) in [6, 6.07) is 25.4. The summed E-state index contributed by atoms with van der Waals surface area (Å²) in [7, 11) is 0. The van der Waals surface area contributed by atoms with Crippen LogP contribution in [0.1, 0.15) is 28.6 Å². The zero-order chi connectivity index (χ0) is 24.5. The van der Waals surface area contributed by atoms with E-state index in [9.17, 15) is 9.59 Å². The highest BCUT2D eigenvalue weighted by Crippen LogP contribution is 2.36. The second-order valence-electron chi connectivity index (χ2n) is 8.07. The van der Waals surface area contributed by atoms with Gasteiger partial charge in [0, 0.05) is 27.4 Å². The fraction of sp³-hybridized carbons (Fsp3) is 0.0345. The van der Waals surface area contributed by atoms with E-state index in [4.69, 9.17) is 27.6 Å².